The van der Waals surface area contributed by atoms with E-state index in [0.29, 0.717) is 12.1 Å². The minimum Gasteiger partial charge on any atom is -0.383 e. The Kier molecular flexibility index (Phi) is 7.14. The molecular formula is C14H23N3O3. The minimum absolute atomic E-state index is 0.182. The Morgan fingerprint density at radius 1 is 1.40 bits per heavy atom. The summed E-state index contributed by atoms with van der Waals surface area (Å²) in [6.45, 7) is 5.76. The standard InChI is InChI=1S/C14H23N3O3/c1-12-4-5-13(10-14(12)17(18)19)11-15-6-7-16(2)8-9-20-3/h4-5,10,15H,6-9,11H2,1-3H3. The molecule has 0 spiro atoms. The van der Waals surface area contributed by atoms with Gasteiger partial charge >= 0.3 is 0 Å². The molecule has 1 aromatic carbocycles. The topological polar surface area (TPSA) is 67.6 Å². The molecule has 0 fully saturated rings. The summed E-state index contributed by atoms with van der Waals surface area (Å²) in [5.41, 5.74) is 1.81. The molecule has 0 saturated carbocycles. The molecule has 0 amide bonds. The number of nitrogens with zero attached hydrogens (tertiary/aromatic N) is 2. The first-order valence-corrected chi connectivity index (χ1v) is 6.66. The molecule has 1 N–H and O–H groups in total. The number of nitrogens with one attached hydrogen (secondary N) is 1. The van der Waals surface area contributed by atoms with E-state index in [4.69, 9.17) is 4.74 Å². The number of nitro benzene ring substituents is 1. The van der Waals surface area contributed by atoms with E-state index in [0.717, 1.165) is 31.8 Å². The van der Waals surface area contributed by atoms with E-state index in [2.05, 4.69) is 10.2 Å². The van der Waals surface area contributed by atoms with Gasteiger partial charge in [-0.2, -0.15) is 0 Å². The Balaban J connectivity index is 2.35. The Labute approximate surface area is 119 Å². The maximum absolute atomic E-state index is 10.9. The largest absolute Gasteiger partial charge is 0.383 e. The Morgan fingerprint density at radius 2 is 2.15 bits per heavy atom. The molecule has 0 aliphatic heterocycles. The van der Waals surface area contributed by atoms with Crippen molar-refractivity contribution in [2.24, 2.45) is 0 Å². The van der Waals surface area contributed by atoms with Gasteiger partial charge in [-0.15, -0.1) is 0 Å². The van der Waals surface area contributed by atoms with Crippen molar-refractivity contribution in [3.05, 3.63) is 39.4 Å². The highest BCUT2D eigenvalue weighted by molar-refractivity contribution is 5.42. The van der Waals surface area contributed by atoms with Crippen LogP contribution in [0.5, 0.6) is 0 Å². The lowest BCUT2D eigenvalue weighted by Crippen LogP contribution is -2.31. The van der Waals surface area contributed by atoms with Gasteiger partial charge in [0.15, 0.2) is 0 Å². The van der Waals surface area contributed by atoms with Crippen LogP contribution in [0.4, 0.5) is 5.69 Å². The molecular weight excluding hydrogens is 258 g/mol. The van der Waals surface area contributed by atoms with Gasteiger partial charge in [-0.05, 0) is 19.5 Å². The fraction of sp³-hybridized carbons (Fsp3) is 0.571. The van der Waals surface area contributed by atoms with E-state index in [1.807, 2.05) is 13.1 Å². The molecule has 6 heteroatoms. The first-order chi connectivity index (χ1) is 9.54. The Morgan fingerprint density at radius 3 is 2.80 bits per heavy atom. The normalized spacial score (nSPS) is 11.0. The molecule has 0 bridgehead atoms. The summed E-state index contributed by atoms with van der Waals surface area (Å²) in [7, 11) is 3.73. The third-order valence-corrected chi connectivity index (χ3v) is 3.15. The zero-order chi connectivity index (χ0) is 15.0. The molecule has 0 unspecified atom stereocenters. The van der Waals surface area contributed by atoms with Crippen molar-refractivity contribution in [1.29, 1.82) is 0 Å². The average Bonchev–Trinajstić information content (AvgIpc) is 2.42. The minimum atomic E-state index is -0.336. The summed E-state index contributed by atoms with van der Waals surface area (Å²) in [6, 6.07) is 5.35. The van der Waals surface area contributed by atoms with Crippen LogP contribution in [0, 0.1) is 17.0 Å². The van der Waals surface area contributed by atoms with Crippen molar-refractivity contribution in [2.45, 2.75) is 13.5 Å². The summed E-state index contributed by atoms with van der Waals surface area (Å²) in [5, 5.41) is 14.1. The second kappa shape index (κ2) is 8.63. The smallest absolute Gasteiger partial charge is 0.272 e. The van der Waals surface area contributed by atoms with Crippen molar-refractivity contribution in [3.63, 3.8) is 0 Å². The molecule has 0 atom stereocenters. The van der Waals surface area contributed by atoms with Crippen LogP contribution in [0.2, 0.25) is 0 Å². The number of ether oxygens (including phenoxy) is 1. The van der Waals surface area contributed by atoms with Crippen molar-refractivity contribution >= 4 is 5.69 Å². The molecule has 0 saturated heterocycles. The lowest BCUT2D eigenvalue weighted by molar-refractivity contribution is -0.385. The molecule has 0 radical (unpaired) electrons. The van der Waals surface area contributed by atoms with Gasteiger partial charge < -0.3 is 15.0 Å². The monoisotopic (exact) mass is 281 g/mol. The summed E-state index contributed by atoms with van der Waals surface area (Å²) in [6.07, 6.45) is 0. The van der Waals surface area contributed by atoms with Gasteiger partial charge in [-0.3, -0.25) is 10.1 Å². The van der Waals surface area contributed by atoms with Crippen LogP contribution in [-0.4, -0.2) is 50.2 Å². The lowest BCUT2D eigenvalue weighted by Gasteiger charge is -2.16. The van der Waals surface area contributed by atoms with Crippen LogP contribution in [0.3, 0.4) is 0 Å². The molecule has 0 aliphatic rings. The molecule has 20 heavy (non-hydrogen) atoms. The molecule has 1 aromatic rings. The second-order valence-electron chi connectivity index (χ2n) is 4.85. The SMILES string of the molecule is COCCN(C)CCNCc1ccc(C)c([N+](=O)[O-])c1. The van der Waals surface area contributed by atoms with Crippen LogP contribution in [-0.2, 0) is 11.3 Å². The zero-order valence-electron chi connectivity index (χ0n) is 12.4. The molecule has 0 heterocycles. The van der Waals surface area contributed by atoms with Gasteiger partial charge in [0, 0.05) is 44.9 Å². The number of methoxy groups -OCH3 is 1. The van der Waals surface area contributed by atoms with E-state index in [9.17, 15) is 10.1 Å². The number of likely N-dealkylation sites (N-methyl/N-ethyl adjacent to an activating group) is 1. The van der Waals surface area contributed by atoms with E-state index < -0.39 is 0 Å². The summed E-state index contributed by atoms with van der Waals surface area (Å²) < 4.78 is 5.01. The van der Waals surface area contributed by atoms with E-state index in [1.165, 1.54) is 0 Å². The van der Waals surface area contributed by atoms with Crippen molar-refractivity contribution < 1.29 is 9.66 Å². The predicted molar refractivity (Wildman–Crippen MR) is 78.9 cm³/mol. The number of benzene rings is 1. The second-order valence-corrected chi connectivity index (χ2v) is 4.85. The van der Waals surface area contributed by atoms with E-state index >= 15 is 0 Å². The van der Waals surface area contributed by atoms with Gasteiger partial charge in [0.25, 0.3) is 5.69 Å². The van der Waals surface area contributed by atoms with Crippen LogP contribution in [0.25, 0.3) is 0 Å². The van der Waals surface area contributed by atoms with Gasteiger partial charge in [0.05, 0.1) is 11.5 Å². The van der Waals surface area contributed by atoms with Crippen molar-refractivity contribution in [3.8, 4) is 0 Å². The fourth-order valence-electron chi connectivity index (χ4n) is 1.82. The molecule has 0 aliphatic carbocycles. The van der Waals surface area contributed by atoms with Gasteiger partial charge in [-0.1, -0.05) is 12.1 Å². The highest BCUT2D eigenvalue weighted by atomic mass is 16.6. The molecule has 112 valence electrons. The summed E-state index contributed by atoms with van der Waals surface area (Å²) in [5.74, 6) is 0. The van der Waals surface area contributed by atoms with Crippen LogP contribution >= 0.6 is 0 Å². The maximum atomic E-state index is 10.9. The number of aryl methyl sites for hydroxylation is 1. The zero-order valence-corrected chi connectivity index (χ0v) is 12.4. The van der Waals surface area contributed by atoms with E-state index in [-0.39, 0.29) is 10.6 Å². The van der Waals surface area contributed by atoms with E-state index in [1.54, 1.807) is 26.2 Å². The average molecular weight is 281 g/mol. The number of nitro groups is 1. The summed E-state index contributed by atoms with van der Waals surface area (Å²) >= 11 is 0. The highest BCUT2D eigenvalue weighted by Gasteiger charge is 2.10. The third-order valence-electron chi connectivity index (χ3n) is 3.15. The van der Waals surface area contributed by atoms with Crippen molar-refractivity contribution in [1.82, 2.24) is 10.2 Å². The molecule has 0 aromatic heterocycles. The molecule has 6 nitrogen and oxygen atoms in total. The fourth-order valence-corrected chi connectivity index (χ4v) is 1.82. The van der Waals surface area contributed by atoms with Crippen LogP contribution < -0.4 is 5.32 Å². The lowest BCUT2D eigenvalue weighted by atomic mass is 10.1. The maximum Gasteiger partial charge on any atom is 0.272 e. The van der Waals surface area contributed by atoms with Gasteiger partial charge in [0.1, 0.15) is 0 Å². The quantitative estimate of drug-likeness (QED) is 0.423. The number of hydrogen-bond acceptors (Lipinski definition) is 5. The molecule has 1 rings (SSSR count). The van der Waals surface area contributed by atoms with Crippen LogP contribution in [0.1, 0.15) is 11.1 Å². The predicted octanol–water partition coefficient (Wildman–Crippen LogP) is 1.57. The summed E-state index contributed by atoms with van der Waals surface area (Å²) in [4.78, 5) is 12.7. The van der Waals surface area contributed by atoms with Gasteiger partial charge in [0.2, 0.25) is 0 Å². The first kappa shape index (κ1) is 16.6. The Bertz CT molecular complexity index is 438. The Hall–Kier alpha value is -1.50. The highest BCUT2D eigenvalue weighted by Crippen LogP contribution is 2.18. The van der Waals surface area contributed by atoms with Crippen LogP contribution in [0.15, 0.2) is 18.2 Å². The number of rotatable bonds is 9. The van der Waals surface area contributed by atoms with Crippen molar-refractivity contribution in [2.75, 3.05) is 40.4 Å². The van der Waals surface area contributed by atoms with Gasteiger partial charge in [-0.25, -0.2) is 0 Å². The first-order valence-electron chi connectivity index (χ1n) is 6.66. The third kappa shape index (κ3) is 5.64. The number of hydrogen-bond donors (Lipinski definition) is 1.